The number of hydrogen-bond donors (Lipinski definition) is 2. The number of carbonyl (C=O) groups excluding carboxylic acids is 1. The third-order valence-corrected chi connectivity index (χ3v) is 3.88. The van der Waals surface area contributed by atoms with E-state index in [0.717, 1.165) is 18.3 Å². The summed E-state index contributed by atoms with van der Waals surface area (Å²) in [6.45, 7) is 0.164. The number of rotatable bonds is 4. The Balaban J connectivity index is 2.19. The number of esters is 1. The summed E-state index contributed by atoms with van der Waals surface area (Å²) in [5, 5.41) is 8.33. The van der Waals surface area contributed by atoms with Gasteiger partial charge in [-0.05, 0) is 12.1 Å². The molecule has 0 aliphatic carbocycles. The Hall–Kier alpha value is -2.00. The van der Waals surface area contributed by atoms with E-state index in [2.05, 4.69) is 14.4 Å². The van der Waals surface area contributed by atoms with Crippen molar-refractivity contribution >= 4 is 22.0 Å². The SMILES string of the molecule is O=C(O)c1ccc(S(=O)(=O)NC2CCOC2=O)nc1. The molecule has 0 radical (unpaired) electrons. The highest BCUT2D eigenvalue weighted by molar-refractivity contribution is 7.89. The molecule has 0 spiro atoms. The highest BCUT2D eigenvalue weighted by Gasteiger charge is 2.31. The predicted molar refractivity (Wildman–Crippen MR) is 60.9 cm³/mol. The molecule has 1 unspecified atom stereocenters. The van der Waals surface area contributed by atoms with Gasteiger partial charge >= 0.3 is 11.9 Å². The standard InChI is InChI=1S/C10H10N2O6S/c13-9(14)6-1-2-8(11-5-6)19(16,17)12-7-3-4-18-10(7)15/h1-2,5,7,12H,3-4H2,(H,13,14). The van der Waals surface area contributed by atoms with Crippen molar-refractivity contribution in [2.45, 2.75) is 17.5 Å². The van der Waals surface area contributed by atoms with Gasteiger partial charge < -0.3 is 9.84 Å². The monoisotopic (exact) mass is 286 g/mol. The van der Waals surface area contributed by atoms with Crippen LogP contribution < -0.4 is 4.72 Å². The number of hydrogen-bond acceptors (Lipinski definition) is 6. The molecule has 0 aromatic carbocycles. The fourth-order valence-corrected chi connectivity index (χ4v) is 2.66. The van der Waals surface area contributed by atoms with Crippen molar-refractivity contribution in [3.05, 3.63) is 23.9 Å². The van der Waals surface area contributed by atoms with Gasteiger partial charge in [0, 0.05) is 12.6 Å². The minimum atomic E-state index is -3.97. The summed E-state index contributed by atoms with van der Waals surface area (Å²) in [4.78, 5) is 25.4. The van der Waals surface area contributed by atoms with Crippen molar-refractivity contribution in [3.63, 3.8) is 0 Å². The van der Waals surface area contributed by atoms with Crippen LogP contribution in [0.3, 0.4) is 0 Å². The lowest BCUT2D eigenvalue weighted by atomic mass is 10.3. The zero-order valence-corrected chi connectivity index (χ0v) is 10.4. The van der Waals surface area contributed by atoms with Gasteiger partial charge in [-0.15, -0.1) is 0 Å². The molecule has 1 aliphatic heterocycles. The summed E-state index contributed by atoms with van der Waals surface area (Å²) in [7, 11) is -3.97. The van der Waals surface area contributed by atoms with Crippen molar-refractivity contribution in [3.8, 4) is 0 Å². The Morgan fingerprint density at radius 1 is 1.47 bits per heavy atom. The smallest absolute Gasteiger partial charge is 0.337 e. The number of aromatic nitrogens is 1. The molecule has 0 bridgehead atoms. The van der Waals surface area contributed by atoms with E-state index >= 15 is 0 Å². The Labute approximate surface area is 108 Å². The van der Waals surface area contributed by atoms with Gasteiger partial charge in [-0.2, -0.15) is 4.72 Å². The summed E-state index contributed by atoms with van der Waals surface area (Å²) in [5.41, 5.74) is -0.126. The van der Waals surface area contributed by atoms with Gasteiger partial charge in [0.15, 0.2) is 5.03 Å². The van der Waals surface area contributed by atoms with Gasteiger partial charge in [0.2, 0.25) is 0 Å². The first-order valence-corrected chi connectivity index (χ1v) is 6.77. The largest absolute Gasteiger partial charge is 0.478 e. The topological polar surface area (TPSA) is 123 Å². The van der Waals surface area contributed by atoms with E-state index in [1.165, 1.54) is 0 Å². The Kier molecular flexibility index (Phi) is 3.49. The first kappa shape index (κ1) is 13.4. The number of carboxylic acid groups (broad SMARTS) is 1. The average Bonchev–Trinajstić information content (AvgIpc) is 2.74. The number of aromatic carboxylic acids is 1. The summed E-state index contributed by atoms with van der Waals surface area (Å²) < 4.78 is 30.6. The summed E-state index contributed by atoms with van der Waals surface area (Å²) in [6.07, 6.45) is 1.19. The van der Waals surface area contributed by atoms with Crippen LogP contribution in [0, 0.1) is 0 Å². The molecule has 1 saturated heterocycles. The molecule has 1 aromatic rings. The molecule has 2 heterocycles. The number of carboxylic acids is 1. The zero-order valence-electron chi connectivity index (χ0n) is 9.57. The summed E-state index contributed by atoms with van der Waals surface area (Å²) in [6, 6.07) is 1.26. The van der Waals surface area contributed by atoms with Crippen LogP contribution in [0.15, 0.2) is 23.4 Å². The number of carbonyl (C=O) groups is 2. The highest BCUT2D eigenvalue weighted by Crippen LogP contribution is 2.12. The molecule has 9 heteroatoms. The Morgan fingerprint density at radius 3 is 2.68 bits per heavy atom. The molecule has 1 aliphatic rings. The van der Waals surface area contributed by atoms with Crippen molar-refractivity contribution in [2.75, 3.05) is 6.61 Å². The number of nitrogens with zero attached hydrogens (tertiary/aromatic N) is 1. The maximum atomic E-state index is 11.9. The molecule has 0 saturated carbocycles. The minimum Gasteiger partial charge on any atom is -0.478 e. The van der Waals surface area contributed by atoms with Gasteiger partial charge in [0.1, 0.15) is 6.04 Å². The van der Waals surface area contributed by atoms with Crippen LogP contribution in [0.2, 0.25) is 0 Å². The number of ether oxygens (including phenoxy) is 1. The van der Waals surface area contributed by atoms with Crippen LogP contribution >= 0.6 is 0 Å². The average molecular weight is 286 g/mol. The Morgan fingerprint density at radius 2 is 2.21 bits per heavy atom. The fraction of sp³-hybridized carbons (Fsp3) is 0.300. The number of nitrogens with one attached hydrogen (secondary N) is 1. The molecule has 0 amide bonds. The lowest BCUT2D eigenvalue weighted by Crippen LogP contribution is -2.38. The van der Waals surface area contributed by atoms with Gasteiger partial charge in [-0.25, -0.2) is 18.2 Å². The third kappa shape index (κ3) is 2.88. The van der Waals surface area contributed by atoms with Gasteiger partial charge in [-0.1, -0.05) is 0 Å². The fourth-order valence-electron chi connectivity index (χ4n) is 1.52. The molecular weight excluding hydrogens is 276 g/mol. The van der Waals surface area contributed by atoms with Gasteiger partial charge in [-0.3, -0.25) is 4.79 Å². The molecule has 1 aromatic heterocycles. The molecular formula is C10H10N2O6S. The van der Waals surface area contributed by atoms with E-state index in [-0.39, 0.29) is 23.6 Å². The van der Waals surface area contributed by atoms with E-state index in [9.17, 15) is 18.0 Å². The number of cyclic esters (lactones) is 1. The van der Waals surface area contributed by atoms with E-state index in [1.807, 2.05) is 0 Å². The highest BCUT2D eigenvalue weighted by atomic mass is 32.2. The normalized spacial score (nSPS) is 19.2. The molecule has 2 N–H and O–H groups in total. The molecule has 1 atom stereocenters. The quantitative estimate of drug-likeness (QED) is 0.706. The molecule has 19 heavy (non-hydrogen) atoms. The first-order chi connectivity index (χ1) is 8.90. The minimum absolute atomic E-state index is 0.126. The lowest BCUT2D eigenvalue weighted by Gasteiger charge is -2.09. The molecule has 102 valence electrons. The maximum Gasteiger partial charge on any atom is 0.337 e. The van der Waals surface area contributed by atoms with E-state index < -0.39 is 28.0 Å². The van der Waals surface area contributed by atoms with Crippen LogP contribution in [0.4, 0.5) is 0 Å². The lowest BCUT2D eigenvalue weighted by molar-refractivity contribution is -0.139. The van der Waals surface area contributed by atoms with E-state index in [4.69, 9.17) is 5.11 Å². The van der Waals surface area contributed by atoms with Gasteiger partial charge in [0.25, 0.3) is 10.0 Å². The second-order valence-corrected chi connectivity index (χ2v) is 5.48. The van der Waals surface area contributed by atoms with Crippen LogP contribution in [-0.4, -0.2) is 43.1 Å². The zero-order chi connectivity index (χ0) is 14.0. The number of pyridine rings is 1. The molecule has 8 nitrogen and oxygen atoms in total. The third-order valence-electron chi connectivity index (χ3n) is 2.49. The van der Waals surface area contributed by atoms with Crippen LogP contribution in [-0.2, 0) is 19.6 Å². The van der Waals surface area contributed by atoms with Crippen molar-refractivity contribution < 1.29 is 27.9 Å². The molecule has 1 fully saturated rings. The first-order valence-electron chi connectivity index (χ1n) is 5.28. The number of sulfonamides is 1. The Bertz CT molecular complexity index is 609. The van der Waals surface area contributed by atoms with Crippen LogP contribution in [0.5, 0.6) is 0 Å². The predicted octanol–water partition coefficient (Wildman–Crippen LogP) is -0.626. The maximum absolute atomic E-state index is 11.9. The van der Waals surface area contributed by atoms with Gasteiger partial charge in [0.05, 0.1) is 12.2 Å². The summed E-state index contributed by atoms with van der Waals surface area (Å²) >= 11 is 0. The van der Waals surface area contributed by atoms with E-state index in [1.54, 1.807) is 0 Å². The summed E-state index contributed by atoms with van der Waals surface area (Å²) in [5.74, 6) is -1.84. The second-order valence-electron chi connectivity index (χ2n) is 3.82. The second kappa shape index (κ2) is 4.94. The van der Waals surface area contributed by atoms with E-state index in [0.29, 0.717) is 0 Å². The van der Waals surface area contributed by atoms with Crippen LogP contribution in [0.1, 0.15) is 16.8 Å². The van der Waals surface area contributed by atoms with Crippen molar-refractivity contribution in [1.29, 1.82) is 0 Å². The van der Waals surface area contributed by atoms with Crippen molar-refractivity contribution in [1.82, 2.24) is 9.71 Å². The van der Waals surface area contributed by atoms with Crippen molar-refractivity contribution in [2.24, 2.45) is 0 Å². The van der Waals surface area contributed by atoms with Crippen LogP contribution in [0.25, 0.3) is 0 Å². The molecule has 2 rings (SSSR count).